The van der Waals surface area contributed by atoms with Gasteiger partial charge in [0.15, 0.2) is 0 Å². The van der Waals surface area contributed by atoms with Crippen LogP contribution >= 0.6 is 11.5 Å². The van der Waals surface area contributed by atoms with E-state index in [1.54, 1.807) is 0 Å². The summed E-state index contributed by atoms with van der Waals surface area (Å²) in [7, 11) is 0. The predicted molar refractivity (Wildman–Crippen MR) is 45.8 cm³/mol. The highest BCUT2D eigenvalue weighted by Gasteiger charge is 1.96. The molecule has 0 aliphatic heterocycles. The van der Waals surface area contributed by atoms with Gasteiger partial charge in [0.2, 0.25) is 5.13 Å². The quantitative estimate of drug-likeness (QED) is 0.737. The van der Waals surface area contributed by atoms with E-state index in [9.17, 15) is 0 Å². The van der Waals surface area contributed by atoms with E-state index < -0.39 is 0 Å². The summed E-state index contributed by atoms with van der Waals surface area (Å²) >= 11 is 1.25. The Morgan fingerprint density at radius 2 is 2.58 bits per heavy atom. The Morgan fingerprint density at radius 3 is 3.25 bits per heavy atom. The first-order chi connectivity index (χ1) is 5.95. The Labute approximate surface area is 73.0 Å². The van der Waals surface area contributed by atoms with Crippen molar-refractivity contribution >= 4 is 16.7 Å². The van der Waals surface area contributed by atoms with Crippen molar-refractivity contribution in [1.82, 2.24) is 19.8 Å². The third kappa shape index (κ3) is 1.59. The maximum absolute atomic E-state index is 3.75. The van der Waals surface area contributed by atoms with Crippen LogP contribution in [0.1, 0.15) is 5.69 Å². The third-order valence-electron chi connectivity index (χ3n) is 1.39. The van der Waals surface area contributed by atoms with Crippen LogP contribution in [0.4, 0.5) is 5.13 Å². The molecule has 2 aromatic rings. The van der Waals surface area contributed by atoms with Gasteiger partial charge in [-0.15, -0.1) is 0 Å². The fraction of sp³-hybridized carbons (Fsp3) is 0.167. The van der Waals surface area contributed by atoms with Crippen molar-refractivity contribution in [2.75, 3.05) is 5.32 Å². The highest BCUT2D eigenvalue weighted by atomic mass is 32.1. The summed E-state index contributed by atoms with van der Waals surface area (Å²) in [6, 6.07) is 3.96. The SMILES string of the molecule is c1c[nH]c(CNc2nnns2)c1. The number of aromatic amines is 1. The molecular weight excluding hydrogens is 174 g/mol. The summed E-state index contributed by atoms with van der Waals surface area (Å²) in [6.45, 7) is 0.726. The van der Waals surface area contributed by atoms with E-state index in [1.807, 2.05) is 18.3 Å². The molecule has 0 fully saturated rings. The van der Waals surface area contributed by atoms with Crippen LogP contribution in [0.15, 0.2) is 18.3 Å². The van der Waals surface area contributed by atoms with Crippen LogP contribution in [0, 0.1) is 0 Å². The molecule has 12 heavy (non-hydrogen) atoms. The zero-order valence-corrected chi connectivity index (χ0v) is 7.01. The molecule has 62 valence electrons. The first kappa shape index (κ1) is 7.23. The average molecular weight is 181 g/mol. The van der Waals surface area contributed by atoms with E-state index in [2.05, 4.69) is 25.1 Å². The molecule has 0 saturated heterocycles. The third-order valence-corrected chi connectivity index (χ3v) is 1.95. The summed E-state index contributed by atoms with van der Waals surface area (Å²) in [5.74, 6) is 0. The normalized spacial score (nSPS) is 10.0. The molecule has 0 aromatic carbocycles. The molecule has 0 radical (unpaired) electrons. The minimum absolute atomic E-state index is 0.726. The van der Waals surface area contributed by atoms with Crippen LogP contribution in [0.5, 0.6) is 0 Å². The van der Waals surface area contributed by atoms with Crippen molar-refractivity contribution in [3.8, 4) is 0 Å². The molecule has 0 bridgehead atoms. The highest BCUT2D eigenvalue weighted by molar-refractivity contribution is 7.09. The van der Waals surface area contributed by atoms with Crippen LogP contribution in [0.2, 0.25) is 0 Å². The smallest absolute Gasteiger partial charge is 0.225 e. The zero-order chi connectivity index (χ0) is 8.23. The lowest BCUT2D eigenvalue weighted by molar-refractivity contribution is 0.947. The largest absolute Gasteiger partial charge is 0.364 e. The molecule has 0 saturated carbocycles. The van der Waals surface area contributed by atoms with E-state index >= 15 is 0 Å². The number of anilines is 1. The molecule has 0 aliphatic rings. The van der Waals surface area contributed by atoms with E-state index in [-0.39, 0.29) is 0 Å². The van der Waals surface area contributed by atoms with Gasteiger partial charge in [-0.1, -0.05) is 9.59 Å². The molecule has 6 heteroatoms. The molecule has 0 amide bonds. The minimum Gasteiger partial charge on any atom is -0.364 e. The standard InChI is InChI=1S/C6H7N5S/c1-2-5(7-3-1)4-8-6-9-10-11-12-6/h1-3,7H,4H2,(H,8,9,11). The molecule has 0 spiro atoms. The predicted octanol–water partition coefficient (Wildman–Crippen LogP) is 0.873. The summed E-state index contributed by atoms with van der Waals surface area (Å²) in [4.78, 5) is 3.07. The van der Waals surface area contributed by atoms with Crippen molar-refractivity contribution in [3.05, 3.63) is 24.0 Å². The highest BCUT2D eigenvalue weighted by Crippen LogP contribution is 2.06. The summed E-state index contributed by atoms with van der Waals surface area (Å²) in [6.07, 6.45) is 1.88. The second-order valence-electron chi connectivity index (χ2n) is 2.22. The first-order valence-corrected chi connectivity index (χ1v) is 4.23. The van der Waals surface area contributed by atoms with Crippen molar-refractivity contribution in [2.45, 2.75) is 6.54 Å². The van der Waals surface area contributed by atoms with E-state index in [4.69, 9.17) is 0 Å². The van der Waals surface area contributed by atoms with Gasteiger partial charge < -0.3 is 10.3 Å². The van der Waals surface area contributed by atoms with Gasteiger partial charge in [-0.2, -0.15) is 0 Å². The fourth-order valence-electron chi connectivity index (χ4n) is 0.850. The van der Waals surface area contributed by atoms with E-state index in [0.717, 1.165) is 17.4 Å². The molecule has 0 aliphatic carbocycles. The lowest BCUT2D eigenvalue weighted by atomic mass is 10.4. The van der Waals surface area contributed by atoms with Gasteiger partial charge in [-0.25, -0.2) is 0 Å². The van der Waals surface area contributed by atoms with Gasteiger partial charge in [0.25, 0.3) is 0 Å². The van der Waals surface area contributed by atoms with Gasteiger partial charge in [-0.3, -0.25) is 0 Å². The average Bonchev–Trinajstić information content (AvgIpc) is 2.74. The van der Waals surface area contributed by atoms with Gasteiger partial charge in [0.05, 0.1) is 6.54 Å². The Bertz CT molecular complexity index is 279. The van der Waals surface area contributed by atoms with Crippen molar-refractivity contribution in [1.29, 1.82) is 0 Å². The zero-order valence-electron chi connectivity index (χ0n) is 6.19. The number of hydrogen-bond donors (Lipinski definition) is 2. The van der Waals surface area contributed by atoms with Crippen molar-refractivity contribution in [2.24, 2.45) is 0 Å². The summed E-state index contributed by atoms with van der Waals surface area (Å²) in [5, 5.41) is 11.0. The van der Waals surface area contributed by atoms with E-state index in [1.165, 1.54) is 11.5 Å². The number of nitrogens with zero attached hydrogens (tertiary/aromatic N) is 3. The van der Waals surface area contributed by atoms with Gasteiger partial charge in [0, 0.05) is 23.4 Å². The topological polar surface area (TPSA) is 66.5 Å². The number of aromatic nitrogens is 4. The van der Waals surface area contributed by atoms with Crippen LogP contribution in [0.3, 0.4) is 0 Å². The van der Waals surface area contributed by atoms with Crippen molar-refractivity contribution < 1.29 is 0 Å². The van der Waals surface area contributed by atoms with Gasteiger partial charge in [0.1, 0.15) is 0 Å². The first-order valence-electron chi connectivity index (χ1n) is 3.46. The van der Waals surface area contributed by atoms with Crippen molar-refractivity contribution in [3.63, 3.8) is 0 Å². The molecule has 2 rings (SSSR count). The van der Waals surface area contributed by atoms with Crippen LogP contribution < -0.4 is 5.32 Å². The summed E-state index contributed by atoms with van der Waals surface area (Å²) < 4.78 is 3.63. The fourth-order valence-corrected chi connectivity index (χ4v) is 1.21. The number of hydrogen-bond acceptors (Lipinski definition) is 5. The maximum Gasteiger partial charge on any atom is 0.225 e. The molecule has 2 N–H and O–H groups in total. The number of H-pyrrole nitrogens is 1. The minimum atomic E-state index is 0.726. The molecule has 5 nitrogen and oxygen atoms in total. The van der Waals surface area contributed by atoms with E-state index in [0.29, 0.717) is 0 Å². The summed E-state index contributed by atoms with van der Waals surface area (Å²) in [5.41, 5.74) is 1.12. The van der Waals surface area contributed by atoms with Crippen LogP contribution in [0.25, 0.3) is 0 Å². The molecule has 2 heterocycles. The molecular formula is C6H7N5S. The lowest BCUT2D eigenvalue weighted by Gasteiger charge is -1.96. The maximum atomic E-state index is 3.75. The van der Waals surface area contributed by atoms with Crippen LogP contribution in [-0.2, 0) is 6.54 Å². The van der Waals surface area contributed by atoms with Gasteiger partial charge >= 0.3 is 0 Å². The van der Waals surface area contributed by atoms with Crippen LogP contribution in [-0.4, -0.2) is 19.8 Å². The number of nitrogens with one attached hydrogen (secondary N) is 2. The Kier molecular flexibility index (Phi) is 2.00. The second kappa shape index (κ2) is 3.31. The molecule has 2 aromatic heterocycles. The molecule has 0 unspecified atom stereocenters. The second-order valence-corrected chi connectivity index (χ2v) is 2.95. The number of rotatable bonds is 3. The molecule has 0 atom stereocenters. The Hall–Kier alpha value is -1.43. The lowest BCUT2D eigenvalue weighted by Crippen LogP contribution is -1.98. The monoisotopic (exact) mass is 181 g/mol. The Balaban J connectivity index is 1.91. The Morgan fingerprint density at radius 1 is 1.58 bits per heavy atom. The van der Waals surface area contributed by atoms with Gasteiger partial charge in [-0.05, 0) is 17.3 Å².